The lowest BCUT2D eigenvalue weighted by atomic mass is 10.1. The third kappa shape index (κ3) is 7.48. The summed E-state index contributed by atoms with van der Waals surface area (Å²) in [6.07, 6.45) is 1.10. The summed E-state index contributed by atoms with van der Waals surface area (Å²) in [5.41, 5.74) is -4.09. The zero-order chi connectivity index (χ0) is 13.6. The van der Waals surface area contributed by atoms with Crippen molar-refractivity contribution in [1.29, 1.82) is 0 Å². The van der Waals surface area contributed by atoms with Gasteiger partial charge in [-0.15, -0.1) is 0 Å². The highest BCUT2D eigenvalue weighted by Gasteiger charge is 2.29. The number of rotatable bonds is 7. The van der Waals surface area contributed by atoms with Gasteiger partial charge >= 0.3 is 5.51 Å². The number of hydrogen-bond donors (Lipinski definition) is 1. The standard InChI is InChI=1S/C12H23F3N2S/c1-10(2)7-16-8-11-3-4-17(9-11)5-6-18-12(13,14)15/h10-11,16H,3-9H2,1-2H3. The second-order valence-corrected chi connectivity index (χ2v) is 6.46. The number of likely N-dealkylation sites (tertiary alicyclic amines) is 1. The zero-order valence-corrected chi connectivity index (χ0v) is 11.9. The summed E-state index contributed by atoms with van der Waals surface area (Å²) >= 11 is 0.0861. The van der Waals surface area contributed by atoms with Crippen LogP contribution in [0.25, 0.3) is 0 Å². The van der Waals surface area contributed by atoms with Crippen molar-refractivity contribution in [2.24, 2.45) is 11.8 Å². The van der Waals surface area contributed by atoms with E-state index in [0.29, 0.717) is 18.4 Å². The molecule has 1 unspecified atom stereocenters. The Bertz CT molecular complexity index is 234. The normalized spacial score (nSPS) is 22.0. The molecule has 1 N–H and O–H groups in total. The maximum atomic E-state index is 12.0. The van der Waals surface area contributed by atoms with Crippen LogP contribution in [0.2, 0.25) is 0 Å². The second-order valence-electron chi connectivity index (χ2n) is 5.30. The topological polar surface area (TPSA) is 15.3 Å². The Balaban J connectivity index is 2.06. The van der Waals surface area contributed by atoms with E-state index in [1.807, 2.05) is 0 Å². The van der Waals surface area contributed by atoms with Crippen LogP contribution in [0, 0.1) is 11.8 Å². The Morgan fingerprint density at radius 3 is 2.72 bits per heavy atom. The van der Waals surface area contributed by atoms with Crippen LogP contribution in [0.5, 0.6) is 0 Å². The Hall–Kier alpha value is 0.0600. The maximum absolute atomic E-state index is 12.0. The predicted molar refractivity (Wildman–Crippen MR) is 70.8 cm³/mol. The highest BCUT2D eigenvalue weighted by Crippen LogP contribution is 2.30. The predicted octanol–water partition coefficient (Wildman–Crippen LogP) is 2.81. The highest BCUT2D eigenvalue weighted by atomic mass is 32.2. The van der Waals surface area contributed by atoms with Gasteiger partial charge in [0.2, 0.25) is 0 Å². The monoisotopic (exact) mass is 284 g/mol. The van der Waals surface area contributed by atoms with Crippen molar-refractivity contribution in [3.8, 4) is 0 Å². The average Bonchev–Trinajstić information content (AvgIpc) is 2.63. The van der Waals surface area contributed by atoms with Gasteiger partial charge in [-0.25, -0.2) is 0 Å². The fraction of sp³-hybridized carbons (Fsp3) is 1.00. The van der Waals surface area contributed by atoms with E-state index >= 15 is 0 Å². The van der Waals surface area contributed by atoms with Crippen LogP contribution in [0.3, 0.4) is 0 Å². The van der Waals surface area contributed by atoms with Crippen molar-refractivity contribution >= 4 is 11.8 Å². The summed E-state index contributed by atoms with van der Waals surface area (Å²) in [6.45, 7) is 8.76. The molecule has 1 aliphatic rings. The smallest absolute Gasteiger partial charge is 0.316 e. The average molecular weight is 284 g/mol. The van der Waals surface area contributed by atoms with Gasteiger partial charge in [-0.05, 0) is 49.7 Å². The van der Waals surface area contributed by atoms with Gasteiger partial charge < -0.3 is 10.2 Å². The number of hydrogen-bond acceptors (Lipinski definition) is 3. The molecule has 0 aliphatic carbocycles. The fourth-order valence-corrected chi connectivity index (χ4v) is 2.73. The van der Waals surface area contributed by atoms with Gasteiger partial charge in [0.25, 0.3) is 0 Å². The summed E-state index contributed by atoms with van der Waals surface area (Å²) in [6, 6.07) is 0. The number of thioether (sulfide) groups is 1. The Kier molecular flexibility index (Phi) is 6.81. The van der Waals surface area contributed by atoms with Crippen LogP contribution in [0.1, 0.15) is 20.3 Å². The van der Waals surface area contributed by atoms with Crippen LogP contribution in [0.4, 0.5) is 13.2 Å². The highest BCUT2D eigenvalue weighted by molar-refractivity contribution is 8.00. The molecule has 1 rings (SSSR count). The van der Waals surface area contributed by atoms with Crippen molar-refractivity contribution in [3.63, 3.8) is 0 Å². The molecule has 0 radical (unpaired) electrons. The van der Waals surface area contributed by atoms with Crippen molar-refractivity contribution in [2.45, 2.75) is 25.8 Å². The van der Waals surface area contributed by atoms with Crippen molar-refractivity contribution in [1.82, 2.24) is 10.2 Å². The van der Waals surface area contributed by atoms with E-state index in [1.165, 1.54) is 0 Å². The summed E-state index contributed by atoms with van der Waals surface area (Å²) in [4.78, 5) is 2.14. The third-order valence-corrected chi connectivity index (χ3v) is 3.74. The molecular formula is C12H23F3N2S. The van der Waals surface area contributed by atoms with Crippen LogP contribution < -0.4 is 5.32 Å². The van der Waals surface area contributed by atoms with Crippen LogP contribution in [-0.4, -0.2) is 48.9 Å². The summed E-state index contributed by atoms with van der Waals surface area (Å²) in [5, 5.41) is 3.42. The lowest BCUT2D eigenvalue weighted by molar-refractivity contribution is -0.0328. The summed E-state index contributed by atoms with van der Waals surface area (Å²) in [7, 11) is 0. The lowest BCUT2D eigenvalue weighted by Gasteiger charge is -2.16. The maximum Gasteiger partial charge on any atom is 0.441 e. The quantitative estimate of drug-likeness (QED) is 0.774. The van der Waals surface area contributed by atoms with E-state index < -0.39 is 5.51 Å². The van der Waals surface area contributed by atoms with Gasteiger partial charge in [0.1, 0.15) is 0 Å². The molecule has 1 atom stereocenters. The molecule has 0 aromatic heterocycles. The zero-order valence-electron chi connectivity index (χ0n) is 11.1. The fourth-order valence-electron chi connectivity index (χ4n) is 2.15. The molecule has 1 aliphatic heterocycles. The summed E-state index contributed by atoms with van der Waals surface area (Å²) in [5.74, 6) is 1.39. The largest absolute Gasteiger partial charge is 0.441 e. The van der Waals surface area contributed by atoms with Crippen LogP contribution in [-0.2, 0) is 0 Å². The SMILES string of the molecule is CC(C)CNCC1CCN(CCSC(F)(F)F)C1. The van der Waals surface area contributed by atoms with Crippen molar-refractivity contribution in [3.05, 3.63) is 0 Å². The molecule has 0 spiro atoms. The molecule has 2 nitrogen and oxygen atoms in total. The number of nitrogens with zero attached hydrogens (tertiary/aromatic N) is 1. The molecule has 1 saturated heterocycles. The molecule has 18 heavy (non-hydrogen) atoms. The minimum absolute atomic E-state index is 0.0861. The lowest BCUT2D eigenvalue weighted by Crippen LogP contribution is -2.29. The summed E-state index contributed by atoms with van der Waals surface area (Å²) < 4.78 is 35.9. The van der Waals surface area contributed by atoms with Crippen molar-refractivity contribution in [2.75, 3.05) is 38.5 Å². The molecule has 108 valence electrons. The van der Waals surface area contributed by atoms with Gasteiger partial charge in [0.05, 0.1) is 0 Å². The van der Waals surface area contributed by atoms with E-state index in [-0.39, 0.29) is 17.5 Å². The molecule has 6 heteroatoms. The molecule has 0 amide bonds. The first kappa shape index (κ1) is 16.1. The first-order valence-corrected chi connectivity index (χ1v) is 7.49. The first-order chi connectivity index (χ1) is 8.37. The second kappa shape index (κ2) is 7.60. The molecule has 0 bridgehead atoms. The van der Waals surface area contributed by atoms with Crippen LogP contribution >= 0.6 is 11.8 Å². The molecule has 1 heterocycles. The van der Waals surface area contributed by atoms with E-state index in [0.717, 1.165) is 32.6 Å². The molecule has 0 aromatic carbocycles. The Morgan fingerprint density at radius 1 is 1.39 bits per heavy atom. The Morgan fingerprint density at radius 2 is 2.11 bits per heavy atom. The van der Waals surface area contributed by atoms with Gasteiger partial charge in [-0.2, -0.15) is 13.2 Å². The van der Waals surface area contributed by atoms with E-state index in [2.05, 4.69) is 24.1 Å². The van der Waals surface area contributed by atoms with Crippen molar-refractivity contribution < 1.29 is 13.2 Å². The minimum atomic E-state index is -4.09. The number of nitrogens with one attached hydrogen (secondary N) is 1. The van der Waals surface area contributed by atoms with Gasteiger partial charge in [0.15, 0.2) is 0 Å². The van der Waals surface area contributed by atoms with Gasteiger partial charge in [-0.3, -0.25) is 0 Å². The van der Waals surface area contributed by atoms with E-state index in [1.54, 1.807) is 0 Å². The van der Waals surface area contributed by atoms with E-state index in [4.69, 9.17) is 0 Å². The Labute approximate surface area is 112 Å². The number of alkyl halides is 3. The van der Waals surface area contributed by atoms with E-state index in [9.17, 15) is 13.2 Å². The first-order valence-electron chi connectivity index (χ1n) is 6.50. The molecule has 0 aromatic rings. The van der Waals surface area contributed by atoms with Gasteiger partial charge in [0, 0.05) is 18.8 Å². The minimum Gasteiger partial charge on any atom is -0.316 e. The molecular weight excluding hydrogens is 261 g/mol. The van der Waals surface area contributed by atoms with Crippen LogP contribution in [0.15, 0.2) is 0 Å². The molecule has 1 fully saturated rings. The third-order valence-electron chi connectivity index (χ3n) is 3.03. The van der Waals surface area contributed by atoms with Gasteiger partial charge in [-0.1, -0.05) is 13.8 Å². The number of halogens is 3. The molecule has 0 saturated carbocycles.